The summed E-state index contributed by atoms with van der Waals surface area (Å²) in [5.41, 5.74) is 2.05. The molecule has 0 aliphatic carbocycles. The van der Waals surface area contributed by atoms with E-state index in [1.54, 1.807) is 37.3 Å². The maximum atomic E-state index is 13.3. The molecule has 0 unspecified atom stereocenters. The fourth-order valence-electron chi connectivity index (χ4n) is 3.41. The largest absolute Gasteiger partial charge is 0.496 e. The summed E-state index contributed by atoms with van der Waals surface area (Å²) >= 11 is 0. The number of methoxy groups -OCH3 is 2. The summed E-state index contributed by atoms with van der Waals surface area (Å²) in [7, 11) is 3.10. The molecule has 2 aromatic carbocycles. The molecule has 0 aliphatic rings. The van der Waals surface area contributed by atoms with Gasteiger partial charge in [0.2, 0.25) is 5.91 Å². The first-order chi connectivity index (χ1) is 15.8. The van der Waals surface area contributed by atoms with Crippen LogP contribution in [0.2, 0.25) is 0 Å². The lowest BCUT2D eigenvalue weighted by atomic mass is 10.1. The quantitative estimate of drug-likeness (QED) is 0.523. The van der Waals surface area contributed by atoms with Crippen molar-refractivity contribution in [3.63, 3.8) is 0 Å². The van der Waals surface area contributed by atoms with E-state index < -0.39 is 6.04 Å². The number of carbonyl (C=O) groups is 2. The molecule has 2 aromatic rings. The van der Waals surface area contributed by atoms with Crippen molar-refractivity contribution < 1.29 is 23.8 Å². The Kier molecular flexibility index (Phi) is 10.0. The molecule has 0 saturated heterocycles. The summed E-state index contributed by atoms with van der Waals surface area (Å²) in [6.45, 7) is 8.64. The summed E-state index contributed by atoms with van der Waals surface area (Å²) in [6.07, 6.45) is 0.495. The molecule has 0 spiro atoms. The van der Waals surface area contributed by atoms with Gasteiger partial charge in [0.1, 0.15) is 23.3 Å². The van der Waals surface area contributed by atoms with E-state index in [4.69, 9.17) is 14.2 Å². The average Bonchev–Trinajstić information content (AvgIpc) is 2.81. The number of nitrogens with zero attached hydrogens (tertiary/aromatic N) is 1. The highest BCUT2D eigenvalue weighted by Crippen LogP contribution is 2.27. The van der Waals surface area contributed by atoms with E-state index in [2.05, 4.69) is 5.32 Å². The SMILES string of the molecule is CC[C@@H](C(=O)NCC(C)C)N(Cc1ccccc1C)C(=O)COc1cc(OC)cc(OC)c1. The highest BCUT2D eigenvalue weighted by atomic mass is 16.5. The zero-order chi connectivity index (χ0) is 24.4. The van der Waals surface area contributed by atoms with Crippen LogP contribution in [0.1, 0.15) is 38.3 Å². The Morgan fingerprint density at radius 1 is 1.00 bits per heavy atom. The van der Waals surface area contributed by atoms with E-state index in [-0.39, 0.29) is 18.4 Å². The smallest absolute Gasteiger partial charge is 0.261 e. The van der Waals surface area contributed by atoms with Gasteiger partial charge < -0.3 is 24.4 Å². The number of aryl methyl sites for hydroxylation is 1. The monoisotopic (exact) mass is 456 g/mol. The van der Waals surface area contributed by atoms with E-state index in [1.165, 1.54) is 0 Å². The molecule has 1 N–H and O–H groups in total. The van der Waals surface area contributed by atoms with Crippen LogP contribution in [0.25, 0.3) is 0 Å². The van der Waals surface area contributed by atoms with Gasteiger partial charge in [0, 0.05) is 31.3 Å². The van der Waals surface area contributed by atoms with Gasteiger partial charge in [-0.25, -0.2) is 0 Å². The van der Waals surface area contributed by atoms with Crippen molar-refractivity contribution in [2.24, 2.45) is 5.92 Å². The molecule has 0 aliphatic heterocycles. The number of hydrogen-bond donors (Lipinski definition) is 1. The van der Waals surface area contributed by atoms with Crippen LogP contribution in [0.5, 0.6) is 17.2 Å². The molecular formula is C26H36N2O5. The van der Waals surface area contributed by atoms with Crippen molar-refractivity contribution >= 4 is 11.8 Å². The van der Waals surface area contributed by atoms with Gasteiger partial charge in [-0.15, -0.1) is 0 Å². The molecule has 7 nitrogen and oxygen atoms in total. The molecule has 7 heteroatoms. The van der Waals surface area contributed by atoms with Crippen LogP contribution < -0.4 is 19.5 Å². The molecule has 2 amide bonds. The Bertz CT molecular complexity index is 906. The number of ether oxygens (including phenoxy) is 3. The van der Waals surface area contributed by atoms with Crippen LogP contribution in [0.15, 0.2) is 42.5 Å². The van der Waals surface area contributed by atoms with E-state index in [0.29, 0.717) is 42.7 Å². The molecule has 0 heterocycles. The van der Waals surface area contributed by atoms with Gasteiger partial charge in [0.05, 0.1) is 14.2 Å². The number of amides is 2. The molecule has 1 atom stereocenters. The number of benzene rings is 2. The Morgan fingerprint density at radius 2 is 1.61 bits per heavy atom. The maximum Gasteiger partial charge on any atom is 0.261 e. The predicted octanol–water partition coefficient (Wildman–Crippen LogP) is 3.97. The van der Waals surface area contributed by atoms with Gasteiger partial charge in [-0.3, -0.25) is 9.59 Å². The molecule has 0 saturated carbocycles. The van der Waals surface area contributed by atoms with Crippen LogP contribution in [0, 0.1) is 12.8 Å². The van der Waals surface area contributed by atoms with Crippen LogP contribution in [-0.2, 0) is 16.1 Å². The lowest BCUT2D eigenvalue weighted by Gasteiger charge is -2.31. The third-order valence-corrected chi connectivity index (χ3v) is 5.36. The van der Waals surface area contributed by atoms with Gasteiger partial charge in [0.25, 0.3) is 5.91 Å². The minimum absolute atomic E-state index is 0.156. The van der Waals surface area contributed by atoms with Gasteiger partial charge in [0.15, 0.2) is 6.61 Å². The number of hydrogen-bond acceptors (Lipinski definition) is 5. The van der Waals surface area contributed by atoms with Crippen molar-refractivity contribution in [3.8, 4) is 17.2 Å². The maximum absolute atomic E-state index is 13.3. The van der Waals surface area contributed by atoms with Crippen molar-refractivity contribution in [1.82, 2.24) is 10.2 Å². The molecule has 180 valence electrons. The van der Waals surface area contributed by atoms with Gasteiger partial charge in [-0.1, -0.05) is 45.0 Å². The Balaban J connectivity index is 2.25. The fourth-order valence-corrected chi connectivity index (χ4v) is 3.41. The molecular weight excluding hydrogens is 420 g/mol. The highest BCUT2D eigenvalue weighted by molar-refractivity contribution is 5.88. The van der Waals surface area contributed by atoms with E-state index >= 15 is 0 Å². The molecule has 0 aromatic heterocycles. The summed E-state index contributed by atoms with van der Waals surface area (Å²) in [4.78, 5) is 27.9. The first kappa shape index (κ1) is 26.0. The second-order valence-corrected chi connectivity index (χ2v) is 8.35. The predicted molar refractivity (Wildman–Crippen MR) is 129 cm³/mol. The minimum atomic E-state index is -0.598. The van der Waals surface area contributed by atoms with Gasteiger partial charge in [-0.2, -0.15) is 0 Å². The molecule has 0 radical (unpaired) electrons. The van der Waals surface area contributed by atoms with Crippen molar-refractivity contribution in [3.05, 3.63) is 53.6 Å². The normalized spacial score (nSPS) is 11.6. The zero-order valence-electron chi connectivity index (χ0n) is 20.5. The van der Waals surface area contributed by atoms with Crippen LogP contribution in [-0.4, -0.2) is 50.1 Å². The summed E-state index contributed by atoms with van der Waals surface area (Å²) < 4.78 is 16.3. The minimum Gasteiger partial charge on any atom is -0.496 e. The van der Waals surface area contributed by atoms with E-state index in [1.807, 2.05) is 52.0 Å². The summed E-state index contributed by atoms with van der Waals surface area (Å²) in [5, 5.41) is 2.97. The number of carbonyl (C=O) groups excluding carboxylic acids is 2. The number of rotatable bonds is 12. The third-order valence-electron chi connectivity index (χ3n) is 5.36. The Hall–Kier alpha value is -3.22. The lowest BCUT2D eigenvalue weighted by Crippen LogP contribution is -2.50. The van der Waals surface area contributed by atoms with E-state index in [9.17, 15) is 9.59 Å². The van der Waals surface area contributed by atoms with Gasteiger partial charge in [-0.05, 0) is 30.4 Å². The van der Waals surface area contributed by atoms with Crippen LogP contribution in [0.4, 0.5) is 0 Å². The van der Waals surface area contributed by atoms with Crippen LogP contribution >= 0.6 is 0 Å². The first-order valence-electron chi connectivity index (χ1n) is 11.3. The third kappa shape index (κ3) is 7.70. The van der Waals surface area contributed by atoms with Crippen molar-refractivity contribution in [2.45, 2.75) is 46.7 Å². The molecule has 0 fully saturated rings. The van der Waals surface area contributed by atoms with E-state index in [0.717, 1.165) is 11.1 Å². The van der Waals surface area contributed by atoms with Crippen LogP contribution in [0.3, 0.4) is 0 Å². The topological polar surface area (TPSA) is 77.1 Å². The Morgan fingerprint density at radius 3 is 2.15 bits per heavy atom. The second kappa shape index (κ2) is 12.7. The molecule has 33 heavy (non-hydrogen) atoms. The van der Waals surface area contributed by atoms with Crippen molar-refractivity contribution in [2.75, 3.05) is 27.4 Å². The number of nitrogens with one attached hydrogen (secondary N) is 1. The summed E-state index contributed by atoms with van der Waals surface area (Å²) in [5.74, 6) is 1.47. The lowest BCUT2D eigenvalue weighted by molar-refractivity contribution is -0.143. The second-order valence-electron chi connectivity index (χ2n) is 8.35. The Labute approximate surface area is 197 Å². The fraction of sp³-hybridized carbons (Fsp3) is 0.462. The molecule has 2 rings (SSSR count). The van der Waals surface area contributed by atoms with Crippen molar-refractivity contribution in [1.29, 1.82) is 0 Å². The zero-order valence-corrected chi connectivity index (χ0v) is 20.5. The van der Waals surface area contributed by atoms with Gasteiger partial charge >= 0.3 is 0 Å². The molecule has 0 bridgehead atoms. The highest BCUT2D eigenvalue weighted by Gasteiger charge is 2.29. The average molecular weight is 457 g/mol. The first-order valence-corrected chi connectivity index (χ1v) is 11.3. The summed E-state index contributed by atoms with van der Waals surface area (Å²) in [6, 6.07) is 12.4. The standard InChI is InChI=1S/C26H36N2O5/c1-7-24(26(30)27-15-18(2)3)28(16-20-11-9-8-10-19(20)4)25(29)17-33-23-13-21(31-5)12-22(14-23)32-6/h8-14,18,24H,7,15-17H2,1-6H3,(H,27,30)/t24-/m0/s1.